The summed E-state index contributed by atoms with van der Waals surface area (Å²) in [4.78, 5) is 0. The predicted octanol–water partition coefficient (Wildman–Crippen LogP) is 1.97. The second-order valence-corrected chi connectivity index (χ2v) is 6.81. The SMILES string of the molecule is CC1(C)O[C@H]2O[C@]3(CC[C@H]3O)C(OCc3ccccc3)[C@@H]2O1. The van der Waals surface area contributed by atoms with Crippen LogP contribution in [0.1, 0.15) is 32.3 Å². The van der Waals surface area contributed by atoms with Crippen molar-refractivity contribution >= 4 is 0 Å². The molecule has 5 nitrogen and oxygen atoms in total. The molecule has 3 fully saturated rings. The van der Waals surface area contributed by atoms with Crippen LogP contribution in [0.25, 0.3) is 0 Å². The highest BCUT2D eigenvalue weighted by atomic mass is 16.8. The summed E-state index contributed by atoms with van der Waals surface area (Å²) in [5.74, 6) is -0.681. The lowest BCUT2D eigenvalue weighted by molar-refractivity contribution is -0.287. The monoisotopic (exact) mass is 306 g/mol. The van der Waals surface area contributed by atoms with Gasteiger partial charge in [-0.05, 0) is 32.3 Å². The molecule has 22 heavy (non-hydrogen) atoms. The van der Waals surface area contributed by atoms with E-state index >= 15 is 0 Å². The summed E-state index contributed by atoms with van der Waals surface area (Å²) in [5.41, 5.74) is 0.411. The standard InChI is InChI=1S/C17H22O5/c1-16(2)20-13-14(19-10-11-6-4-3-5-7-11)17(9-8-12(17)18)22-15(13)21-16/h3-7,12-15,18H,8-10H2,1-2H3/t12-,13+,14?,15+,17+/m1/s1. The maximum atomic E-state index is 10.2. The molecule has 4 rings (SSSR count). The molecule has 2 heterocycles. The van der Waals surface area contributed by atoms with E-state index in [1.807, 2.05) is 44.2 Å². The van der Waals surface area contributed by atoms with Crippen molar-refractivity contribution in [3.05, 3.63) is 35.9 Å². The smallest absolute Gasteiger partial charge is 0.190 e. The Balaban J connectivity index is 1.53. The number of ether oxygens (including phenoxy) is 4. The first-order chi connectivity index (χ1) is 10.5. The third-order valence-electron chi connectivity index (χ3n) is 4.85. The van der Waals surface area contributed by atoms with Gasteiger partial charge in [-0.3, -0.25) is 0 Å². The Morgan fingerprint density at radius 2 is 1.95 bits per heavy atom. The lowest BCUT2D eigenvalue weighted by atomic mass is 9.73. The zero-order valence-corrected chi connectivity index (χ0v) is 12.9. The van der Waals surface area contributed by atoms with E-state index in [0.29, 0.717) is 6.61 Å². The largest absolute Gasteiger partial charge is 0.390 e. The second kappa shape index (κ2) is 5.01. The van der Waals surface area contributed by atoms with Crippen molar-refractivity contribution in [2.45, 2.75) is 69.3 Å². The molecule has 2 aliphatic heterocycles. The molecular formula is C17H22O5. The summed E-state index contributed by atoms with van der Waals surface area (Å²) in [6.45, 7) is 4.20. The molecule has 3 aliphatic rings. The first kappa shape index (κ1) is 14.6. The molecule has 1 saturated carbocycles. The second-order valence-electron chi connectivity index (χ2n) is 6.81. The molecule has 1 spiro atoms. The van der Waals surface area contributed by atoms with E-state index < -0.39 is 23.8 Å². The summed E-state index contributed by atoms with van der Waals surface area (Å²) >= 11 is 0. The van der Waals surface area contributed by atoms with Crippen LogP contribution in [0.15, 0.2) is 30.3 Å². The number of fused-ring (bicyclic) bond motifs is 1. The van der Waals surface area contributed by atoms with Crippen LogP contribution in [0, 0.1) is 0 Å². The van der Waals surface area contributed by atoms with Gasteiger partial charge in [0.2, 0.25) is 0 Å². The Labute approximate surface area is 130 Å². The fourth-order valence-corrected chi connectivity index (χ4v) is 3.64. The van der Waals surface area contributed by atoms with Crippen molar-refractivity contribution in [2.24, 2.45) is 0 Å². The maximum Gasteiger partial charge on any atom is 0.190 e. The molecule has 1 aromatic rings. The maximum absolute atomic E-state index is 10.2. The van der Waals surface area contributed by atoms with Crippen LogP contribution in [-0.4, -0.2) is 41.1 Å². The van der Waals surface area contributed by atoms with Crippen molar-refractivity contribution in [1.82, 2.24) is 0 Å². The molecule has 0 amide bonds. The molecule has 1 aliphatic carbocycles. The quantitative estimate of drug-likeness (QED) is 0.925. The highest BCUT2D eigenvalue weighted by Crippen LogP contribution is 2.52. The van der Waals surface area contributed by atoms with Crippen LogP contribution in [0.2, 0.25) is 0 Å². The van der Waals surface area contributed by atoms with Gasteiger partial charge in [0.05, 0.1) is 12.7 Å². The lowest BCUT2D eigenvalue weighted by Crippen LogP contribution is -2.61. The van der Waals surface area contributed by atoms with E-state index in [0.717, 1.165) is 18.4 Å². The van der Waals surface area contributed by atoms with Crippen LogP contribution in [0.5, 0.6) is 0 Å². The molecular weight excluding hydrogens is 284 g/mol. The summed E-state index contributed by atoms with van der Waals surface area (Å²) in [5, 5.41) is 10.2. The summed E-state index contributed by atoms with van der Waals surface area (Å²) < 4.78 is 23.9. The summed E-state index contributed by atoms with van der Waals surface area (Å²) in [6.07, 6.45) is -0.0984. The average Bonchev–Trinajstić information content (AvgIpc) is 2.95. The van der Waals surface area contributed by atoms with Crippen molar-refractivity contribution in [3.63, 3.8) is 0 Å². The average molecular weight is 306 g/mol. The van der Waals surface area contributed by atoms with Gasteiger partial charge in [-0.25, -0.2) is 0 Å². The molecule has 0 aromatic heterocycles. The number of aliphatic hydroxyl groups is 1. The van der Waals surface area contributed by atoms with Crippen LogP contribution in [-0.2, 0) is 25.6 Å². The zero-order valence-electron chi connectivity index (χ0n) is 12.9. The van der Waals surface area contributed by atoms with Crippen molar-refractivity contribution in [2.75, 3.05) is 0 Å². The predicted molar refractivity (Wildman–Crippen MR) is 77.9 cm³/mol. The van der Waals surface area contributed by atoms with Gasteiger partial charge >= 0.3 is 0 Å². The molecule has 5 atom stereocenters. The van der Waals surface area contributed by atoms with Gasteiger partial charge < -0.3 is 24.1 Å². The normalized spacial score (nSPS) is 42.3. The minimum Gasteiger partial charge on any atom is -0.390 e. The Morgan fingerprint density at radius 1 is 1.18 bits per heavy atom. The van der Waals surface area contributed by atoms with E-state index in [4.69, 9.17) is 18.9 Å². The highest BCUT2D eigenvalue weighted by Gasteiger charge is 2.68. The lowest BCUT2D eigenvalue weighted by Gasteiger charge is -2.47. The van der Waals surface area contributed by atoms with Gasteiger partial charge in [0, 0.05) is 0 Å². The Bertz CT molecular complexity index is 545. The van der Waals surface area contributed by atoms with Gasteiger partial charge in [-0.15, -0.1) is 0 Å². The molecule has 5 heteroatoms. The van der Waals surface area contributed by atoms with E-state index in [1.54, 1.807) is 0 Å². The number of benzene rings is 1. The molecule has 1 unspecified atom stereocenters. The Morgan fingerprint density at radius 3 is 2.59 bits per heavy atom. The topological polar surface area (TPSA) is 57.2 Å². The molecule has 1 N–H and O–H groups in total. The number of hydrogen-bond donors (Lipinski definition) is 1. The number of hydrogen-bond acceptors (Lipinski definition) is 5. The van der Waals surface area contributed by atoms with Crippen LogP contribution in [0.4, 0.5) is 0 Å². The molecule has 0 radical (unpaired) electrons. The number of rotatable bonds is 3. The van der Waals surface area contributed by atoms with Crippen molar-refractivity contribution < 1.29 is 24.1 Å². The van der Waals surface area contributed by atoms with Gasteiger partial charge in [-0.2, -0.15) is 0 Å². The van der Waals surface area contributed by atoms with Gasteiger partial charge in [0.1, 0.15) is 17.8 Å². The van der Waals surface area contributed by atoms with Crippen LogP contribution in [0.3, 0.4) is 0 Å². The minimum atomic E-state index is -0.681. The van der Waals surface area contributed by atoms with E-state index in [9.17, 15) is 5.11 Å². The Hall–Kier alpha value is -0.980. The molecule has 0 bridgehead atoms. The summed E-state index contributed by atoms with van der Waals surface area (Å²) in [6, 6.07) is 9.99. The highest BCUT2D eigenvalue weighted by molar-refractivity contribution is 5.16. The molecule has 2 saturated heterocycles. The minimum absolute atomic E-state index is 0.298. The van der Waals surface area contributed by atoms with E-state index in [-0.39, 0.29) is 12.2 Å². The fourth-order valence-electron chi connectivity index (χ4n) is 3.64. The van der Waals surface area contributed by atoms with E-state index in [2.05, 4.69) is 0 Å². The van der Waals surface area contributed by atoms with Crippen LogP contribution >= 0.6 is 0 Å². The molecule has 120 valence electrons. The Kier molecular flexibility index (Phi) is 3.33. The fraction of sp³-hybridized carbons (Fsp3) is 0.647. The third-order valence-corrected chi connectivity index (χ3v) is 4.85. The van der Waals surface area contributed by atoms with Gasteiger partial charge in [-0.1, -0.05) is 30.3 Å². The number of aliphatic hydroxyl groups excluding tert-OH is 1. The van der Waals surface area contributed by atoms with Crippen molar-refractivity contribution in [1.29, 1.82) is 0 Å². The summed E-state index contributed by atoms with van der Waals surface area (Å²) in [7, 11) is 0. The zero-order chi connectivity index (χ0) is 15.4. The van der Waals surface area contributed by atoms with E-state index in [1.165, 1.54) is 0 Å². The van der Waals surface area contributed by atoms with Gasteiger partial charge in [0.15, 0.2) is 12.1 Å². The van der Waals surface area contributed by atoms with Gasteiger partial charge in [0.25, 0.3) is 0 Å². The van der Waals surface area contributed by atoms with Crippen molar-refractivity contribution in [3.8, 4) is 0 Å². The first-order valence-corrected chi connectivity index (χ1v) is 7.87. The van der Waals surface area contributed by atoms with Crippen LogP contribution < -0.4 is 0 Å². The third kappa shape index (κ3) is 2.20. The first-order valence-electron chi connectivity index (χ1n) is 7.87. The molecule has 1 aromatic carbocycles.